The minimum Gasteiger partial charge on any atom is -0.491 e. The van der Waals surface area contributed by atoms with E-state index in [9.17, 15) is 0 Å². The predicted octanol–water partition coefficient (Wildman–Crippen LogP) is 3.94. The van der Waals surface area contributed by atoms with Crippen LogP contribution in [0, 0.1) is 5.92 Å². The molecule has 21 heavy (non-hydrogen) atoms. The minimum atomic E-state index is 0.193. The normalized spacial score (nSPS) is 22.5. The highest BCUT2D eigenvalue weighted by Crippen LogP contribution is 2.34. The van der Waals surface area contributed by atoms with Crippen molar-refractivity contribution in [3.05, 3.63) is 29.8 Å². The van der Waals surface area contributed by atoms with Crippen LogP contribution in [0.2, 0.25) is 0 Å². The zero-order chi connectivity index (χ0) is 15.1. The second-order valence-corrected chi connectivity index (χ2v) is 6.14. The molecule has 118 valence electrons. The van der Waals surface area contributed by atoms with Crippen LogP contribution in [0.15, 0.2) is 24.3 Å². The predicted molar refractivity (Wildman–Crippen MR) is 86.8 cm³/mol. The Morgan fingerprint density at radius 1 is 1.38 bits per heavy atom. The fourth-order valence-corrected chi connectivity index (χ4v) is 2.92. The fourth-order valence-electron chi connectivity index (χ4n) is 2.92. The largest absolute Gasteiger partial charge is 0.491 e. The van der Waals surface area contributed by atoms with E-state index in [-0.39, 0.29) is 12.2 Å². The van der Waals surface area contributed by atoms with Crippen molar-refractivity contribution in [2.75, 3.05) is 19.7 Å². The molecule has 0 aliphatic carbocycles. The minimum absolute atomic E-state index is 0.193. The first kappa shape index (κ1) is 16.3. The SMILES string of the molecule is CCCNCC1CCCOC1c1cccc(OC(C)C)c1. The quantitative estimate of drug-likeness (QED) is 0.772. The number of hydrogen-bond acceptors (Lipinski definition) is 3. The Labute approximate surface area is 129 Å². The van der Waals surface area contributed by atoms with Gasteiger partial charge in [-0.25, -0.2) is 0 Å². The molecule has 0 spiro atoms. The molecule has 0 bridgehead atoms. The van der Waals surface area contributed by atoms with Gasteiger partial charge < -0.3 is 14.8 Å². The van der Waals surface area contributed by atoms with Gasteiger partial charge in [-0.15, -0.1) is 0 Å². The molecule has 2 rings (SSSR count). The Morgan fingerprint density at radius 2 is 2.24 bits per heavy atom. The molecule has 1 aliphatic rings. The second kappa shape index (κ2) is 8.40. The average Bonchev–Trinajstić information content (AvgIpc) is 2.48. The molecule has 1 N–H and O–H groups in total. The van der Waals surface area contributed by atoms with E-state index in [2.05, 4.69) is 44.3 Å². The molecular weight excluding hydrogens is 262 g/mol. The summed E-state index contributed by atoms with van der Waals surface area (Å²) in [4.78, 5) is 0. The topological polar surface area (TPSA) is 30.5 Å². The maximum atomic E-state index is 6.07. The first-order valence-electron chi connectivity index (χ1n) is 8.29. The van der Waals surface area contributed by atoms with Gasteiger partial charge in [0.05, 0.1) is 12.2 Å². The monoisotopic (exact) mass is 291 g/mol. The van der Waals surface area contributed by atoms with E-state index in [1.165, 1.54) is 18.4 Å². The third-order valence-corrected chi connectivity index (χ3v) is 3.84. The molecule has 1 heterocycles. The Balaban J connectivity index is 2.05. The van der Waals surface area contributed by atoms with Gasteiger partial charge in [0.25, 0.3) is 0 Å². The highest BCUT2D eigenvalue weighted by Gasteiger charge is 2.27. The molecule has 0 amide bonds. The van der Waals surface area contributed by atoms with Crippen molar-refractivity contribution in [3.8, 4) is 5.75 Å². The number of hydrogen-bond donors (Lipinski definition) is 1. The van der Waals surface area contributed by atoms with Crippen LogP contribution in [0.25, 0.3) is 0 Å². The van der Waals surface area contributed by atoms with E-state index in [4.69, 9.17) is 9.47 Å². The summed E-state index contributed by atoms with van der Waals surface area (Å²) in [6.45, 7) is 9.30. The van der Waals surface area contributed by atoms with Gasteiger partial charge in [0, 0.05) is 19.1 Å². The Morgan fingerprint density at radius 3 is 3.00 bits per heavy atom. The van der Waals surface area contributed by atoms with Crippen molar-refractivity contribution in [2.45, 2.75) is 52.2 Å². The molecule has 2 atom stereocenters. The molecule has 1 saturated heterocycles. The molecule has 0 aromatic heterocycles. The van der Waals surface area contributed by atoms with E-state index >= 15 is 0 Å². The van der Waals surface area contributed by atoms with Crippen molar-refractivity contribution in [1.29, 1.82) is 0 Å². The van der Waals surface area contributed by atoms with Crippen LogP contribution in [0.4, 0.5) is 0 Å². The molecule has 3 heteroatoms. The van der Waals surface area contributed by atoms with Crippen LogP contribution < -0.4 is 10.1 Å². The van der Waals surface area contributed by atoms with Crippen LogP contribution in [0.5, 0.6) is 5.75 Å². The Hall–Kier alpha value is -1.06. The summed E-state index contributed by atoms with van der Waals surface area (Å²) in [6, 6.07) is 8.40. The Kier molecular flexibility index (Phi) is 6.52. The van der Waals surface area contributed by atoms with Crippen molar-refractivity contribution >= 4 is 0 Å². The first-order valence-corrected chi connectivity index (χ1v) is 8.29. The summed E-state index contributed by atoms with van der Waals surface area (Å²) >= 11 is 0. The standard InChI is InChI=1S/C18H29NO2/c1-4-10-19-13-16-8-6-11-20-18(16)15-7-5-9-17(12-15)21-14(2)3/h5,7,9,12,14,16,18-19H,4,6,8,10-11,13H2,1-3H3. The van der Waals surface area contributed by atoms with E-state index in [0.717, 1.165) is 31.9 Å². The number of ether oxygens (including phenoxy) is 2. The number of rotatable bonds is 7. The summed E-state index contributed by atoms with van der Waals surface area (Å²) in [5.41, 5.74) is 1.25. The van der Waals surface area contributed by atoms with E-state index in [1.54, 1.807) is 0 Å². The van der Waals surface area contributed by atoms with Gasteiger partial charge in [0.1, 0.15) is 5.75 Å². The van der Waals surface area contributed by atoms with Crippen LogP contribution in [-0.4, -0.2) is 25.8 Å². The maximum absolute atomic E-state index is 6.07. The third-order valence-electron chi connectivity index (χ3n) is 3.84. The lowest BCUT2D eigenvalue weighted by Crippen LogP contribution is -2.32. The highest BCUT2D eigenvalue weighted by atomic mass is 16.5. The lowest BCUT2D eigenvalue weighted by molar-refractivity contribution is -0.0278. The Bertz CT molecular complexity index is 419. The van der Waals surface area contributed by atoms with Gasteiger partial charge >= 0.3 is 0 Å². The molecule has 1 aromatic rings. The summed E-state index contributed by atoms with van der Waals surface area (Å²) in [6.07, 6.45) is 3.97. The maximum Gasteiger partial charge on any atom is 0.120 e. The lowest BCUT2D eigenvalue weighted by atomic mass is 9.89. The fraction of sp³-hybridized carbons (Fsp3) is 0.667. The molecule has 0 radical (unpaired) electrons. The zero-order valence-corrected chi connectivity index (χ0v) is 13.6. The molecule has 0 saturated carbocycles. The molecule has 1 aromatic carbocycles. The number of benzene rings is 1. The third kappa shape index (κ3) is 5.01. The van der Waals surface area contributed by atoms with Crippen LogP contribution in [-0.2, 0) is 4.74 Å². The second-order valence-electron chi connectivity index (χ2n) is 6.14. The van der Waals surface area contributed by atoms with Crippen molar-refractivity contribution < 1.29 is 9.47 Å². The average molecular weight is 291 g/mol. The summed E-state index contributed by atoms with van der Waals surface area (Å²) < 4.78 is 11.9. The van der Waals surface area contributed by atoms with Gasteiger partial charge in [0.2, 0.25) is 0 Å². The number of nitrogens with one attached hydrogen (secondary N) is 1. The van der Waals surface area contributed by atoms with E-state index < -0.39 is 0 Å². The molecule has 1 aliphatic heterocycles. The zero-order valence-electron chi connectivity index (χ0n) is 13.6. The molecule has 3 nitrogen and oxygen atoms in total. The van der Waals surface area contributed by atoms with Crippen LogP contribution in [0.3, 0.4) is 0 Å². The summed E-state index contributed by atoms with van der Waals surface area (Å²) in [5.74, 6) is 1.50. The van der Waals surface area contributed by atoms with Crippen LogP contribution >= 0.6 is 0 Å². The van der Waals surface area contributed by atoms with E-state index in [1.807, 2.05) is 6.07 Å². The van der Waals surface area contributed by atoms with Crippen molar-refractivity contribution in [1.82, 2.24) is 5.32 Å². The van der Waals surface area contributed by atoms with Crippen molar-refractivity contribution in [3.63, 3.8) is 0 Å². The van der Waals surface area contributed by atoms with Crippen LogP contribution in [0.1, 0.15) is 51.7 Å². The van der Waals surface area contributed by atoms with Crippen molar-refractivity contribution in [2.24, 2.45) is 5.92 Å². The molecule has 2 unspecified atom stereocenters. The van der Waals surface area contributed by atoms with E-state index in [0.29, 0.717) is 5.92 Å². The highest BCUT2D eigenvalue weighted by molar-refractivity contribution is 5.30. The summed E-state index contributed by atoms with van der Waals surface area (Å²) in [5, 5.41) is 3.54. The lowest BCUT2D eigenvalue weighted by Gasteiger charge is -2.32. The summed E-state index contributed by atoms with van der Waals surface area (Å²) in [7, 11) is 0. The smallest absolute Gasteiger partial charge is 0.120 e. The first-order chi connectivity index (χ1) is 10.2. The molecule has 1 fully saturated rings. The van der Waals surface area contributed by atoms with Gasteiger partial charge in [-0.1, -0.05) is 19.1 Å². The molecular formula is C18H29NO2. The van der Waals surface area contributed by atoms with Gasteiger partial charge in [-0.3, -0.25) is 0 Å². The van der Waals surface area contributed by atoms with Gasteiger partial charge in [-0.2, -0.15) is 0 Å². The van der Waals surface area contributed by atoms with Gasteiger partial charge in [0.15, 0.2) is 0 Å². The van der Waals surface area contributed by atoms with Gasteiger partial charge in [-0.05, 0) is 57.4 Å².